The molecule has 1 aromatic carbocycles. The average molecular weight is 318 g/mol. The van der Waals surface area contributed by atoms with E-state index in [4.69, 9.17) is 0 Å². The molecule has 0 saturated heterocycles. The summed E-state index contributed by atoms with van der Waals surface area (Å²) in [5.74, 6) is 0. The zero-order chi connectivity index (χ0) is 13.9. The normalized spacial score (nSPS) is 14.3. The van der Waals surface area contributed by atoms with Crippen LogP contribution < -0.4 is 0 Å². The van der Waals surface area contributed by atoms with Crippen LogP contribution in [0.15, 0.2) is 12.1 Å². The van der Waals surface area contributed by atoms with Crippen LogP contribution in [0.4, 0.5) is 5.69 Å². The zero-order valence-electron chi connectivity index (χ0n) is 10.3. The first-order valence-corrected chi connectivity index (χ1v) is 6.68. The molecule has 5 nitrogen and oxygen atoms in total. The summed E-state index contributed by atoms with van der Waals surface area (Å²) in [4.78, 5) is 10.4. The highest BCUT2D eigenvalue weighted by Gasteiger charge is 2.23. The molecular formula is C12H16BrNO4. The molecule has 0 saturated carbocycles. The molecule has 0 bridgehead atoms. The van der Waals surface area contributed by atoms with Gasteiger partial charge in [-0.05, 0) is 37.5 Å². The number of rotatable bonds is 5. The predicted molar refractivity (Wildman–Crippen MR) is 71.9 cm³/mol. The van der Waals surface area contributed by atoms with Crippen molar-refractivity contribution in [2.75, 3.05) is 5.33 Å². The molecular weight excluding hydrogens is 302 g/mol. The molecule has 1 rings (SSSR count). The van der Waals surface area contributed by atoms with E-state index in [1.807, 2.05) is 0 Å². The minimum absolute atomic E-state index is 0.0410. The number of aliphatic hydroxyl groups excluding tert-OH is 2. The van der Waals surface area contributed by atoms with Crippen molar-refractivity contribution in [3.05, 3.63) is 38.9 Å². The average Bonchev–Trinajstić information content (AvgIpc) is 2.28. The van der Waals surface area contributed by atoms with Crippen molar-refractivity contribution in [3.63, 3.8) is 0 Å². The molecule has 0 amide bonds. The van der Waals surface area contributed by atoms with Crippen LogP contribution in [0.3, 0.4) is 0 Å². The van der Waals surface area contributed by atoms with Crippen molar-refractivity contribution < 1.29 is 15.1 Å². The molecule has 1 aromatic rings. The monoisotopic (exact) mass is 317 g/mol. The number of aliphatic hydroxyl groups is 2. The molecule has 0 heterocycles. The van der Waals surface area contributed by atoms with Gasteiger partial charge in [0.1, 0.15) is 6.10 Å². The number of hydrogen-bond acceptors (Lipinski definition) is 4. The second-order valence-electron chi connectivity index (χ2n) is 4.24. The van der Waals surface area contributed by atoms with Crippen LogP contribution in [0.2, 0.25) is 0 Å². The Morgan fingerprint density at radius 3 is 2.44 bits per heavy atom. The van der Waals surface area contributed by atoms with Crippen molar-refractivity contribution in [1.82, 2.24) is 0 Å². The van der Waals surface area contributed by atoms with Gasteiger partial charge < -0.3 is 10.2 Å². The molecule has 0 radical (unpaired) electrons. The van der Waals surface area contributed by atoms with E-state index in [2.05, 4.69) is 15.9 Å². The van der Waals surface area contributed by atoms with E-state index < -0.39 is 17.1 Å². The Bertz CT molecular complexity index is 450. The van der Waals surface area contributed by atoms with Crippen molar-refractivity contribution in [1.29, 1.82) is 0 Å². The Hall–Kier alpha value is -0.980. The maximum atomic E-state index is 10.9. The lowest BCUT2D eigenvalue weighted by Crippen LogP contribution is -2.19. The molecule has 2 unspecified atom stereocenters. The summed E-state index contributed by atoms with van der Waals surface area (Å²) in [5.41, 5.74) is 1.64. The summed E-state index contributed by atoms with van der Waals surface area (Å²) < 4.78 is 0. The predicted octanol–water partition coefficient (Wildman–Crippen LogP) is 2.39. The number of nitro benzene ring substituents is 1. The van der Waals surface area contributed by atoms with E-state index in [9.17, 15) is 20.3 Å². The smallest absolute Gasteiger partial charge is 0.272 e. The van der Waals surface area contributed by atoms with Crippen LogP contribution in [-0.4, -0.2) is 26.6 Å². The topological polar surface area (TPSA) is 83.6 Å². The lowest BCUT2D eigenvalue weighted by atomic mass is 9.95. The van der Waals surface area contributed by atoms with Crippen LogP contribution in [0.1, 0.15) is 29.2 Å². The maximum Gasteiger partial charge on any atom is 0.272 e. The molecule has 100 valence electrons. The highest BCUT2D eigenvalue weighted by molar-refractivity contribution is 9.09. The van der Waals surface area contributed by atoms with E-state index in [0.29, 0.717) is 22.9 Å². The van der Waals surface area contributed by atoms with Gasteiger partial charge in [-0.1, -0.05) is 15.9 Å². The van der Waals surface area contributed by atoms with Gasteiger partial charge in [-0.3, -0.25) is 10.1 Å². The Labute approximate surface area is 114 Å². The van der Waals surface area contributed by atoms with Crippen LogP contribution >= 0.6 is 15.9 Å². The fourth-order valence-corrected chi connectivity index (χ4v) is 2.32. The number of aryl methyl sites for hydroxylation is 2. The minimum atomic E-state index is -1.11. The first-order chi connectivity index (χ1) is 8.38. The van der Waals surface area contributed by atoms with Crippen LogP contribution in [-0.2, 0) is 0 Å². The number of alkyl halides is 1. The standard InChI is InChI=1S/C12H16BrNO4/c1-7-5-8(2)10(14(17)18)6-9(7)12(16)11(15)3-4-13/h5-6,11-12,15-16H,3-4H2,1-2H3. The summed E-state index contributed by atoms with van der Waals surface area (Å²) in [6, 6.07) is 2.99. The number of hydrogen-bond donors (Lipinski definition) is 2. The first-order valence-electron chi connectivity index (χ1n) is 5.56. The first kappa shape index (κ1) is 15.1. The van der Waals surface area contributed by atoms with E-state index in [-0.39, 0.29) is 5.69 Å². The van der Waals surface area contributed by atoms with E-state index in [1.54, 1.807) is 19.9 Å². The second-order valence-corrected chi connectivity index (χ2v) is 5.04. The quantitative estimate of drug-likeness (QED) is 0.496. The van der Waals surface area contributed by atoms with Crippen LogP contribution in [0, 0.1) is 24.0 Å². The van der Waals surface area contributed by atoms with Crippen molar-refractivity contribution in [3.8, 4) is 0 Å². The van der Waals surface area contributed by atoms with Crippen molar-refractivity contribution in [2.45, 2.75) is 32.5 Å². The largest absolute Gasteiger partial charge is 0.390 e. The minimum Gasteiger partial charge on any atom is -0.390 e. The third kappa shape index (κ3) is 3.28. The Morgan fingerprint density at radius 1 is 1.33 bits per heavy atom. The second kappa shape index (κ2) is 6.26. The highest BCUT2D eigenvalue weighted by Crippen LogP contribution is 2.29. The van der Waals surface area contributed by atoms with Gasteiger partial charge in [0.2, 0.25) is 0 Å². The van der Waals surface area contributed by atoms with E-state index >= 15 is 0 Å². The molecule has 0 aliphatic heterocycles. The molecule has 0 aromatic heterocycles. The van der Waals surface area contributed by atoms with E-state index in [1.165, 1.54) is 6.07 Å². The van der Waals surface area contributed by atoms with Crippen molar-refractivity contribution in [2.24, 2.45) is 0 Å². The van der Waals surface area contributed by atoms with Crippen LogP contribution in [0.25, 0.3) is 0 Å². The van der Waals surface area contributed by atoms with E-state index in [0.717, 1.165) is 5.56 Å². The Kier molecular flexibility index (Phi) is 5.25. The van der Waals surface area contributed by atoms with Gasteiger partial charge in [-0.25, -0.2) is 0 Å². The molecule has 6 heteroatoms. The summed E-state index contributed by atoms with van der Waals surface area (Å²) >= 11 is 3.18. The van der Waals surface area contributed by atoms with Gasteiger partial charge in [0.25, 0.3) is 5.69 Å². The summed E-state index contributed by atoms with van der Waals surface area (Å²) in [5, 5.41) is 31.2. The maximum absolute atomic E-state index is 10.9. The molecule has 0 aliphatic rings. The number of halogens is 1. The molecule has 2 atom stereocenters. The number of nitro groups is 1. The lowest BCUT2D eigenvalue weighted by Gasteiger charge is -2.19. The van der Waals surface area contributed by atoms with Gasteiger partial charge in [-0.15, -0.1) is 0 Å². The summed E-state index contributed by atoms with van der Waals surface area (Å²) in [6.07, 6.45) is -1.67. The third-order valence-electron chi connectivity index (χ3n) is 2.87. The molecule has 0 fully saturated rings. The van der Waals surface area contributed by atoms with Crippen LogP contribution in [0.5, 0.6) is 0 Å². The Balaban J connectivity index is 3.15. The molecule has 2 N–H and O–H groups in total. The molecule has 0 aliphatic carbocycles. The third-order valence-corrected chi connectivity index (χ3v) is 3.33. The summed E-state index contributed by atoms with van der Waals surface area (Å²) in [7, 11) is 0. The van der Waals surface area contributed by atoms with Gasteiger partial charge in [0.05, 0.1) is 11.0 Å². The highest BCUT2D eigenvalue weighted by atomic mass is 79.9. The number of nitrogens with zero attached hydrogens (tertiary/aromatic N) is 1. The molecule has 0 spiro atoms. The SMILES string of the molecule is Cc1cc(C)c([N+](=O)[O-])cc1C(O)C(O)CCBr. The van der Waals surface area contributed by atoms with Gasteiger partial charge in [-0.2, -0.15) is 0 Å². The van der Waals surface area contributed by atoms with Crippen molar-refractivity contribution >= 4 is 21.6 Å². The number of benzene rings is 1. The molecule has 18 heavy (non-hydrogen) atoms. The Morgan fingerprint density at radius 2 is 1.94 bits per heavy atom. The lowest BCUT2D eigenvalue weighted by molar-refractivity contribution is -0.385. The van der Waals surface area contributed by atoms with Gasteiger partial charge in [0.15, 0.2) is 0 Å². The van der Waals surface area contributed by atoms with Gasteiger partial charge in [0, 0.05) is 17.0 Å². The summed E-state index contributed by atoms with van der Waals surface area (Å²) in [6.45, 7) is 3.41. The van der Waals surface area contributed by atoms with Gasteiger partial charge >= 0.3 is 0 Å². The fraction of sp³-hybridized carbons (Fsp3) is 0.500. The fourth-order valence-electron chi connectivity index (χ4n) is 1.85. The zero-order valence-corrected chi connectivity index (χ0v) is 11.8.